The molecule has 110 valence electrons. The Labute approximate surface area is 137 Å². The number of nitrogens with zero attached hydrogens (tertiary/aromatic N) is 5. The lowest BCUT2D eigenvalue weighted by atomic mass is 10.2. The first kappa shape index (κ1) is 14.7. The number of hydrogen-bond donors (Lipinski definition) is 0. The molecule has 6 heteroatoms. The van der Waals surface area contributed by atoms with Crippen molar-refractivity contribution in [2.75, 3.05) is 0 Å². The zero-order valence-electron chi connectivity index (χ0n) is 12.0. The van der Waals surface area contributed by atoms with Crippen molar-refractivity contribution in [2.45, 2.75) is 6.54 Å². The molecule has 0 aliphatic rings. The molecule has 0 atom stereocenters. The van der Waals surface area contributed by atoms with Crippen LogP contribution in [0.4, 0.5) is 0 Å². The Bertz CT molecular complexity index is 906. The number of hydrogen-bond acceptors (Lipinski definition) is 4. The highest BCUT2D eigenvalue weighted by Gasteiger charge is 2.07. The molecule has 0 radical (unpaired) electrons. The Hall–Kier alpha value is -3.22. The third kappa shape index (κ3) is 3.52. The first-order valence-corrected chi connectivity index (χ1v) is 7.63. The van der Waals surface area contributed by atoms with Gasteiger partial charge in [-0.25, -0.2) is 14.8 Å². The van der Waals surface area contributed by atoms with Gasteiger partial charge in [0, 0.05) is 4.88 Å². The number of allylic oxidation sites excluding steroid dienone is 1. The fourth-order valence-electron chi connectivity index (χ4n) is 2.05. The third-order valence-corrected chi connectivity index (χ3v) is 4.17. The Kier molecular flexibility index (Phi) is 4.28. The van der Waals surface area contributed by atoms with E-state index in [2.05, 4.69) is 15.2 Å². The van der Waals surface area contributed by atoms with Gasteiger partial charge < -0.3 is 0 Å². The van der Waals surface area contributed by atoms with Crippen LogP contribution < -0.4 is 0 Å². The minimum atomic E-state index is 0.0751. The van der Waals surface area contributed by atoms with E-state index < -0.39 is 0 Å². The van der Waals surface area contributed by atoms with Crippen LogP contribution in [0, 0.1) is 17.9 Å². The van der Waals surface area contributed by atoms with Crippen molar-refractivity contribution in [1.29, 1.82) is 5.26 Å². The van der Waals surface area contributed by atoms with Gasteiger partial charge in [-0.2, -0.15) is 0 Å². The van der Waals surface area contributed by atoms with Gasteiger partial charge in [-0.1, -0.05) is 35.5 Å². The molecule has 5 nitrogen and oxygen atoms in total. The SMILES string of the molecule is [C-]#[N+]C(C#N)=Cc1ccc(-c2cn(Cc3ccccc3)nn2)s1. The summed E-state index contributed by atoms with van der Waals surface area (Å²) >= 11 is 1.48. The number of aromatic nitrogens is 3. The standard InChI is InChI=1S/C17H11N5S/c1-19-14(10-18)9-15-7-8-17(23-15)16-12-22(21-20-16)11-13-5-3-2-4-6-13/h2-9,12H,11H2. The highest BCUT2D eigenvalue weighted by molar-refractivity contribution is 7.16. The molecule has 2 heterocycles. The van der Waals surface area contributed by atoms with E-state index in [-0.39, 0.29) is 5.70 Å². The van der Waals surface area contributed by atoms with Gasteiger partial charge in [0.15, 0.2) is 0 Å². The topological polar surface area (TPSA) is 58.9 Å². The average molecular weight is 317 g/mol. The van der Waals surface area contributed by atoms with Crippen LogP contribution in [-0.2, 0) is 6.54 Å². The van der Waals surface area contributed by atoms with Crippen LogP contribution in [0.1, 0.15) is 10.4 Å². The van der Waals surface area contributed by atoms with E-state index in [0.29, 0.717) is 6.54 Å². The predicted octanol–water partition coefficient (Wildman–Crippen LogP) is 3.84. The van der Waals surface area contributed by atoms with Crippen molar-refractivity contribution in [2.24, 2.45) is 0 Å². The Balaban J connectivity index is 1.79. The second-order valence-electron chi connectivity index (χ2n) is 4.74. The molecule has 0 saturated carbocycles. The van der Waals surface area contributed by atoms with Crippen LogP contribution in [0.25, 0.3) is 21.5 Å². The summed E-state index contributed by atoms with van der Waals surface area (Å²) in [5.74, 6) is 0. The van der Waals surface area contributed by atoms with Gasteiger partial charge in [0.05, 0.1) is 30.3 Å². The summed E-state index contributed by atoms with van der Waals surface area (Å²) < 4.78 is 1.79. The molecule has 2 aromatic heterocycles. The van der Waals surface area contributed by atoms with Crippen LogP contribution in [-0.4, -0.2) is 15.0 Å². The van der Waals surface area contributed by atoms with Crippen molar-refractivity contribution in [3.8, 4) is 16.6 Å². The summed E-state index contributed by atoms with van der Waals surface area (Å²) in [5.41, 5.74) is 2.02. The monoisotopic (exact) mass is 317 g/mol. The van der Waals surface area contributed by atoms with Crippen LogP contribution in [0.3, 0.4) is 0 Å². The van der Waals surface area contributed by atoms with Gasteiger partial charge in [-0.3, -0.25) is 0 Å². The van der Waals surface area contributed by atoms with E-state index in [1.54, 1.807) is 10.8 Å². The first-order chi connectivity index (χ1) is 11.3. The zero-order chi connectivity index (χ0) is 16.1. The maximum Gasteiger partial charge on any atom is 0.263 e. The molecule has 0 aliphatic carbocycles. The maximum absolute atomic E-state index is 8.80. The Morgan fingerprint density at radius 3 is 2.87 bits per heavy atom. The number of benzene rings is 1. The van der Waals surface area contributed by atoms with E-state index >= 15 is 0 Å². The van der Waals surface area contributed by atoms with Crippen molar-refractivity contribution in [1.82, 2.24) is 15.0 Å². The molecule has 0 spiro atoms. The molecule has 0 bridgehead atoms. The number of thiophene rings is 1. The van der Waals surface area contributed by atoms with Crippen molar-refractivity contribution in [3.05, 3.63) is 76.2 Å². The van der Waals surface area contributed by atoms with Gasteiger partial charge >= 0.3 is 0 Å². The van der Waals surface area contributed by atoms with E-state index in [0.717, 1.165) is 21.0 Å². The molecule has 0 amide bonds. The number of nitriles is 1. The minimum Gasteiger partial charge on any atom is -0.247 e. The van der Waals surface area contributed by atoms with Crippen molar-refractivity contribution < 1.29 is 0 Å². The van der Waals surface area contributed by atoms with Gasteiger partial charge in [0.1, 0.15) is 5.69 Å². The molecular formula is C17H11N5S. The van der Waals surface area contributed by atoms with Gasteiger partial charge in [-0.15, -0.1) is 16.4 Å². The quantitative estimate of drug-likeness (QED) is 0.542. The summed E-state index contributed by atoms with van der Waals surface area (Å²) in [6.45, 7) is 7.57. The molecule has 3 rings (SSSR count). The van der Waals surface area contributed by atoms with Crippen LogP contribution >= 0.6 is 11.3 Å². The first-order valence-electron chi connectivity index (χ1n) is 6.82. The fraction of sp³-hybridized carbons (Fsp3) is 0.0588. The van der Waals surface area contributed by atoms with Gasteiger partial charge in [-0.05, 0) is 23.8 Å². The second-order valence-corrected chi connectivity index (χ2v) is 5.86. The molecule has 23 heavy (non-hydrogen) atoms. The number of rotatable bonds is 4. The minimum absolute atomic E-state index is 0.0751. The fourth-order valence-corrected chi connectivity index (χ4v) is 2.95. The Morgan fingerprint density at radius 2 is 2.13 bits per heavy atom. The van der Waals surface area contributed by atoms with Crippen LogP contribution in [0.15, 0.2) is 54.4 Å². The molecular weight excluding hydrogens is 306 g/mol. The highest BCUT2D eigenvalue weighted by atomic mass is 32.1. The molecule has 0 saturated heterocycles. The van der Waals surface area contributed by atoms with Gasteiger partial charge in [0.2, 0.25) is 0 Å². The average Bonchev–Trinajstić information content (AvgIpc) is 3.23. The maximum atomic E-state index is 8.80. The summed E-state index contributed by atoms with van der Waals surface area (Å²) in [6, 6.07) is 15.7. The molecule has 0 N–H and O–H groups in total. The van der Waals surface area contributed by atoms with Crippen molar-refractivity contribution in [3.63, 3.8) is 0 Å². The summed E-state index contributed by atoms with van der Waals surface area (Å²) in [6.07, 6.45) is 3.47. The van der Waals surface area contributed by atoms with E-state index in [1.807, 2.05) is 54.7 Å². The molecule has 0 fully saturated rings. The largest absolute Gasteiger partial charge is 0.263 e. The smallest absolute Gasteiger partial charge is 0.247 e. The lowest BCUT2D eigenvalue weighted by Crippen LogP contribution is -1.99. The summed E-state index contributed by atoms with van der Waals surface area (Å²) in [7, 11) is 0. The van der Waals surface area contributed by atoms with E-state index in [4.69, 9.17) is 11.8 Å². The third-order valence-electron chi connectivity index (χ3n) is 3.12. The lowest BCUT2D eigenvalue weighted by molar-refractivity contribution is 0.650. The normalized spacial score (nSPS) is 11.0. The summed E-state index contributed by atoms with van der Waals surface area (Å²) in [4.78, 5) is 4.97. The van der Waals surface area contributed by atoms with E-state index in [9.17, 15) is 0 Å². The Morgan fingerprint density at radius 1 is 1.30 bits per heavy atom. The molecule has 1 aromatic carbocycles. The predicted molar refractivity (Wildman–Crippen MR) is 89.1 cm³/mol. The van der Waals surface area contributed by atoms with E-state index in [1.165, 1.54) is 11.3 Å². The van der Waals surface area contributed by atoms with Gasteiger partial charge in [0.25, 0.3) is 5.70 Å². The lowest BCUT2D eigenvalue weighted by Gasteiger charge is -1.99. The second kappa shape index (κ2) is 6.69. The summed E-state index contributed by atoms with van der Waals surface area (Å²) in [5, 5.41) is 17.1. The van der Waals surface area contributed by atoms with Crippen LogP contribution in [0.2, 0.25) is 0 Å². The molecule has 3 aromatic rings. The highest BCUT2D eigenvalue weighted by Crippen LogP contribution is 2.28. The van der Waals surface area contributed by atoms with Crippen molar-refractivity contribution >= 4 is 17.4 Å². The van der Waals surface area contributed by atoms with Crippen LogP contribution in [0.5, 0.6) is 0 Å². The molecule has 0 aliphatic heterocycles. The molecule has 0 unspecified atom stereocenters. The zero-order valence-corrected chi connectivity index (χ0v) is 12.9.